The summed E-state index contributed by atoms with van der Waals surface area (Å²) in [5.74, 6) is 0.0867. The van der Waals surface area contributed by atoms with Crippen LogP contribution in [-0.4, -0.2) is 54.9 Å². The van der Waals surface area contributed by atoms with Gasteiger partial charge in [0.05, 0.1) is 17.6 Å². The van der Waals surface area contributed by atoms with Gasteiger partial charge < -0.3 is 4.74 Å². The first kappa shape index (κ1) is 29.7. The monoisotopic (exact) mass is 565 g/mol. The Bertz CT molecular complexity index is 1350. The number of hydroxylamine groups is 1. The summed E-state index contributed by atoms with van der Waals surface area (Å²) in [6.07, 6.45) is 0.614. The van der Waals surface area contributed by atoms with Crippen LogP contribution in [0.5, 0.6) is 5.75 Å². The predicted octanol–water partition coefficient (Wildman–Crippen LogP) is 4.77. The highest BCUT2D eigenvalue weighted by atomic mass is 32.2. The van der Waals surface area contributed by atoms with Gasteiger partial charge >= 0.3 is 0 Å². The Hall–Kier alpha value is -3.24. The molecule has 3 aromatic carbocycles. The van der Waals surface area contributed by atoms with Crippen LogP contribution in [0.2, 0.25) is 0 Å². The second-order valence-corrected chi connectivity index (χ2v) is 13.0. The molecule has 8 nitrogen and oxygen atoms in total. The Kier molecular flexibility index (Phi) is 9.30. The molecule has 1 aliphatic rings. The Labute approximate surface area is 237 Å². The molecule has 1 heterocycles. The zero-order valence-electron chi connectivity index (χ0n) is 23.7. The number of benzene rings is 3. The van der Waals surface area contributed by atoms with Crippen molar-refractivity contribution in [3.63, 3.8) is 0 Å². The molecule has 1 fully saturated rings. The fourth-order valence-corrected chi connectivity index (χ4v) is 6.68. The maximum atomic E-state index is 14.4. The summed E-state index contributed by atoms with van der Waals surface area (Å²) in [5, 5.41) is 0. The fraction of sp³-hybridized carbons (Fsp3) is 0.387. The van der Waals surface area contributed by atoms with E-state index in [1.165, 1.54) is 29.1 Å². The molecule has 4 rings (SSSR count). The van der Waals surface area contributed by atoms with Crippen molar-refractivity contribution in [3.05, 3.63) is 96.1 Å². The largest absolute Gasteiger partial charge is 0.497 e. The van der Waals surface area contributed by atoms with E-state index in [4.69, 9.17) is 9.57 Å². The first-order chi connectivity index (χ1) is 19.0. The van der Waals surface area contributed by atoms with E-state index in [1.54, 1.807) is 12.1 Å². The number of hydrogen-bond donors (Lipinski definition) is 1. The molecule has 0 aliphatic carbocycles. The smallest absolute Gasteiger partial charge is 0.265 e. The minimum atomic E-state index is -4.11. The van der Waals surface area contributed by atoms with Crippen molar-refractivity contribution in [1.29, 1.82) is 0 Å². The number of carbonyl (C=O) groups is 1. The quantitative estimate of drug-likeness (QED) is 0.357. The van der Waals surface area contributed by atoms with E-state index in [-0.39, 0.29) is 11.4 Å². The van der Waals surface area contributed by atoms with E-state index >= 15 is 0 Å². The highest BCUT2D eigenvalue weighted by Gasteiger charge is 2.52. The summed E-state index contributed by atoms with van der Waals surface area (Å²) in [6.45, 7) is 7.34. The van der Waals surface area contributed by atoms with Crippen molar-refractivity contribution in [3.8, 4) is 5.75 Å². The lowest BCUT2D eigenvalue weighted by molar-refractivity contribution is -0.158. The van der Waals surface area contributed by atoms with Gasteiger partial charge in [0, 0.05) is 26.2 Å². The molecule has 1 amide bonds. The average Bonchev–Trinajstić information content (AvgIpc) is 2.96. The van der Waals surface area contributed by atoms with Gasteiger partial charge in [-0.05, 0) is 69.0 Å². The van der Waals surface area contributed by atoms with Gasteiger partial charge in [0.1, 0.15) is 11.3 Å². The lowest BCUT2D eigenvalue weighted by Crippen LogP contribution is -2.64. The van der Waals surface area contributed by atoms with Crippen molar-refractivity contribution in [2.24, 2.45) is 0 Å². The molecule has 3 aromatic rings. The molecule has 0 aromatic heterocycles. The Morgan fingerprint density at radius 1 is 0.900 bits per heavy atom. The van der Waals surface area contributed by atoms with Crippen molar-refractivity contribution in [2.75, 3.05) is 20.2 Å². The molecule has 1 saturated heterocycles. The third-order valence-electron chi connectivity index (χ3n) is 7.10. The van der Waals surface area contributed by atoms with E-state index in [1.807, 2.05) is 69.3 Å². The van der Waals surface area contributed by atoms with Crippen LogP contribution in [0.4, 0.5) is 0 Å². The van der Waals surface area contributed by atoms with Crippen molar-refractivity contribution in [2.45, 2.75) is 62.7 Å². The molecule has 40 heavy (non-hydrogen) atoms. The number of piperidine rings is 1. The molecule has 1 aliphatic heterocycles. The number of carbonyl (C=O) groups excluding carboxylic acids is 1. The van der Waals surface area contributed by atoms with Crippen LogP contribution in [-0.2, 0) is 32.7 Å². The normalized spacial score (nSPS) is 16.0. The lowest BCUT2D eigenvalue weighted by atomic mass is 9.86. The van der Waals surface area contributed by atoms with Gasteiger partial charge in [0.2, 0.25) is 10.0 Å². The van der Waals surface area contributed by atoms with Crippen molar-refractivity contribution in [1.82, 2.24) is 14.7 Å². The van der Waals surface area contributed by atoms with Crippen LogP contribution in [0.3, 0.4) is 0 Å². The van der Waals surface area contributed by atoms with E-state index < -0.39 is 27.1 Å². The van der Waals surface area contributed by atoms with Crippen molar-refractivity contribution < 1.29 is 22.8 Å². The maximum absolute atomic E-state index is 14.4. The van der Waals surface area contributed by atoms with Crippen LogP contribution in [0, 0.1) is 0 Å². The van der Waals surface area contributed by atoms with E-state index in [0.29, 0.717) is 31.7 Å². The minimum absolute atomic E-state index is 0.0385. The SMILES string of the molecule is COc1ccc(S(=O)(=O)N(Cc2ccccc2)C2(C(=O)NOC(C)(C)C)CCN(Cc3ccccc3)CC2)cc1. The number of rotatable bonds is 10. The molecule has 0 saturated carbocycles. The second-order valence-electron chi connectivity index (χ2n) is 11.1. The summed E-state index contributed by atoms with van der Waals surface area (Å²) in [5.41, 5.74) is 2.56. The van der Waals surface area contributed by atoms with Gasteiger partial charge in [-0.1, -0.05) is 60.7 Å². The van der Waals surface area contributed by atoms with Gasteiger partial charge in [-0.3, -0.25) is 14.5 Å². The first-order valence-corrected chi connectivity index (χ1v) is 14.9. The maximum Gasteiger partial charge on any atom is 0.265 e. The number of hydrogen-bond acceptors (Lipinski definition) is 6. The highest BCUT2D eigenvalue weighted by molar-refractivity contribution is 7.89. The van der Waals surface area contributed by atoms with Gasteiger partial charge in [-0.2, -0.15) is 4.31 Å². The predicted molar refractivity (Wildman–Crippen MR) is 155 cm³/mol. The number of amides is 1. The lowest BCUT2D eigenvalue weighted by Gasteiger charge is -2.46. The van der Waals surface area contributed by atoms with E-state index in [9.17, 15) is 13.2 Å². The molecule has 1 N–H and O–H groups in total. The third kappa shape index (κ3) is 7.09. The summed E-state index contributed by atoms with van der Waals surface area (Å²) >= 11 is 0. The Balaban J connectivity index is 1.74. The summed E-state index contributed by atoms with van der Waals surface area (Å²) in [7, 11) is -2.58. The summed E-state index contributed by atoms with van der Waals surface area (Å²) in [4.78, 5) is 22.1. The average molecular weight is 566 g/mol. The fourth-order valence-electron chi connectivity index (χ4n) is 4.90. The standard InChI is InChI=1S/C31H39N3O5S/c1-30(2,3)39-32-29(35)31(19-21-33(22-20-31)23-25-11-7-5-8-12-25)34(24-26-13-9-6-10-14-26)40(36,37)28-17-15-27(38-4)16-18-28/h5-18H,19-24H2,1-4H3,(H,32,35). The summed E-state index contributed by atoms with van der Waals surface area (Å²) in [6, 6.07) is 25.8. The molecule has 0 spiro atoms. The van der Waals surface area contributed by atoms with Crippen LogP contribution in [0.25, 0.3) is 0 Å². The molecule has 9 heteroatoms. The number of methoxy groups -OCH3 is 1. The third-order valence-corrected chi connectivity index (χ3v) is 9.03. The molecule has 0 radical (unpaired) electrons. The molecule has 0 unspecified atom stereocenters. The Morgan fingerprint density at radius 3 is 1.98 bits per heavy atom. The number of nitrogens with one attached hydrogen (secondary N) is 1. The molecule has 0 bridgehead atoms. The Morgan fingerprint density at radius 2 is 1.45 bits per heavy atom. The van der Waals surface area contributed by atoms with E-state index in [0.717, 1.165) is 12.1 Å². The van der Waals surface area contributed by atoms with Gasteiger partial charge in [0.15, 0.2) is 0 Å². The van der Waals surface area contributed by atoms with Gasteiger partial charge in [0.25, 0.3) is 5.91 Å². The molecule has 214 valence electrons. The number of nitrogens with zero attached hydrogens (tertiary/aromatic N) is 2. The number of sulfonamides is 1. The van der Waals surface area contributed by atoms with Crippen molar-refractivity contribution >= 4 is 15.9 Å². The number of ether oxygens (including phenoxy) is 1. The molecular weight excluding hydrogens is 526 g/mol. The van der Waals surface area contributed by atoms with Crippen LogP contribution in [0.15, 0.2) is 89.8 Å². The molecule has 0 atom stereocenters. The summed E-state index contributed by atoms with van der Waals surface area (Å²) < 4.78 is 35.4. The van der Waals surface area contributed by atoms with Crippen LogP contribution < -0.4 is 10.2 Å². The molecular formula is C31H39N3O5S. The topological polar surface area (TPSA) is 88.2 Å². The second kappa shape index (κ2) is 12.5. The highest BCUT2D eigenvalue weighted by Crippen LogP contribution is 2.37. The van der Waals surface area contributed by atoms with Gasteiger partial charge in [-0.15, -0.1) is 0 Å². The zero-order chi connectivity index (χ0) is 28.8. The van der Waals surface area contributed by atoms with E-state index in [2.05, 4.69) is 22.5 Å². The number of likely N-dealkylation sites (tertiary alicyclic amines) is 1. The van der Waals surface area contributed by atoms with Gasteiger partial charge in [-0.25, -0.2) is 13.9 Å². The first-order valence-electron chi connectivity index (χ1n) is 13.5. The zero-order valence-corrected chi connectivity index (χ0v) is 24.5. The van der Waals surface area contributed by atoms with Crippen LogP contribution >= 0.6 is 0 Å². The minimum Gasteiger partial charge on any atom is -0.497 e. The van der Waals surface area contributed by atoms with Crippen LogP contribution in [0.1, 0.15) is 44.7 Å².